The summed E-state index contributed by atoms with van der Waals surface area (Å²) in [6.45, 7) is 1.80. The van der Waals surface area contributed by atoms with Crippen molar-refractivity contribution in [2.45, 2.75) is 13.3 Å². The van der Waals surface area contributed by atoms with Crippen LogP contribution >= 0.6 is 11.6 Å². The van der Waals surface area contributed by atoms with E-state index in [9.17, 15) is 13.6 Å². The first-order chi connectivity index (χ1) is 8.90. The maximum atomic E-state index is 12.7. The van der Waals surface area contributed by atoms with Crippen LogP contribution in [-0.2, 0) is 0 Å². The summed E-state index contributed by atoms with van der Waals surface area (Å²) in [6.07, 6.45) is -3.03. The molecule has 0 aliphatic carbocycles. The Morgan fingerprint density at radius 2 is 2.16 bits per heavy atom. The Hall–Kier alpha value is -1.95. The van der Waals surface area contributed by atoms with Gasteiger partial charge >= 0.3 is 5.97 Å². The van der Waals surface area contributed by atoms with Crippen LogP contribution in [0.4, 0.5) is 8.78 Å². The number of nitrogens with zero attached hydrogens (tertiary/aromatic N) is 1. The van der Waals surface area contributed by atoms with Crippen molar-refractivity contribution in [1.82, 2.24) is 4.98 Å². The maximum absolute atomic E-state index is 12.7. The van der Waals surface area contributed by atoms with Crippen molar-refractivity contribution in [2.24, 2.45) is 0 Å². The second kappa shape index (κ2) is 4.97. The predicted molar refractivity (Wildman–Crippen MR) is 63.6 cm³/mol. The summed E-state index contributed by atoms with van der Waals surface area (Å²) in [5.41, 5.74) is 0.230. The molecule has 2 aromatic rings. The van der Waals surface area contributed by atoms with Crippen LogP contribution in [0, 0.1) is 6.92 Å². The van der Waals surface area contributed by atoms with Gasteiger partial charge in [0.1, 0.15) is 0 Å². The van der Waals surface area contributed by atoms with Crippen molar-refractivity contribution < 1.29 is 23.1 Å². The van der Waals surface area contributed by atoms with Gasteiger partial charge in [0.2, 0.25) is 11.7 Å². The van der Waals surface area contributed by atoms with E-state index in [2.05, 4.69) is 4.98 Å². The van der Waals surface area contributed by atoms with Crippen molar-refractivity contribution >= 4 is 17.6 Å². The molecule has 0 saturated heterocycles. The number of aryl methyl sites for hydroxylation is 1. The van der Waals surface area contributed by atoms with E-state index in [1.165, 1.54) is 6.07 Å². The number of carboxylic acids is 1. The lowest BCUT2D eigenvalue weighted by Gasteiger charge is -2.00. The van der Waals surface area contributed by atoms with Crippen molar-refractivity contribution in [3.8, 4) is 11.5 Å². The molecule has 0 spiro atoms. The van der Waals surface area contributed by atoms with Gasteiger partial charge in [0.05, 0.1) is 10.6 Å². The molecule has 0 aliphatic rings. The number of hydrogen-bond acceptors (Lipinski definition) is 3. The average molecular weight is 288 g/mol. The first-order valence-electron chi connectivity index (χ1n) is 5.19. The number of carbonyl (C=O) groups is 1. The number of benzene rings is 1. The van der Waals surface area contributed by atoms with Crippen molar-refractivity contribution in [3.63, 3.8) is 0 Å². The van der Waals surface area contributed by atoms with Crippen molar-refractivity contribution in [3.05, 3.63) is 40.2 Å². The summed E-state index contributed by atoms with van der Waals surface area (Å²) in [6, 6.07) is 4.82. The smallest absolute Gasteiger partial charge is 0.374 e. The molecule has 0 aliphatic heterocycles. The monoisotopic (exact) mass is 287 g/mol. The number of rotatable bonds is 3. The zero-order chi connectivity index (χ0) is 14.2. The normalized spacial score (nSPS) is 11.0. The fourth-order valence-electron chi connectivity index (χ4n) is 1.54. The fraction of sp³-hybridized carbons (Fsp3) is 0.167. The summed E-state index contributed by atoms with van der Waals surface area (Å²) in [5, 5.41) is 9.04. The van der Waals surface area contributed by atoms with Crippen molar-refractivity contribution in [1.29, 1.82) is 0 Å². The van der Waals surface area contributed by atoms with Crippen molar-refractivity contribution in [2.75, 3.05) is 0 Å². The zero-order valence-electron chi connectivity index (χ0n) is 9.65. The van der Waals surface area contributed by atoms with E-state index in [1.807, 2.05) is 0 Å². The Morgan fingerprint density at radius 1 is 1.47 bits per heavy atom. The molecule has 19 heavy (non-hydrogen) atoms. The van der Waals surface area contributed by atoms with Crippen LogP contribution < -0.4 is 0 Å². The van der Waals surface area contributed by atoms with E-state index in [1.54, 1.807) is 19.1 Å². The highest BCUT2D eigenvalue weighted by Gasteiger charge is 2.27. The topological polar surface area (TPSA) is 63.3 Å². The van der Waals surface area contributed by atoms with Crippen LogP contribution in [0.5, 0.6) is 0 Å². The molecule has 4 nitrogen and oxygen atoms in total. The van der Waals surface area contributed by atoms with Gasteiger partial charge in [-0.1, -0.05) is 17.7 Å². The van der Waals surface area contributed by atoms with Crippen LogP contribution in [0.15, 0.2) is 22.6 Å². The van der Waals surface area contributed by atoms with Gasteiger partial charge in [0.15, 0.2) is 5.69 Å². The standard InChI is InChI=1S/C12H8ClF2NO3/c1-5-2-3-6(7(13)4-5)11-16-8(10(14)15)9(19-11)12(17)18/h2-4,10H,1H3,(H,17,18). The number of aromatic carboxylic acids is 1. The van der Waals surface area contributed by atoms with Gasteiger partial charge in [-0.2, -0.15) is 0 Å². The summed E-state index contributed by atoms with van der Waals surface area (Å²) in [4.78, 5) is 14.3. The zero-order valence-corrected chi connectivity index (χ0v) is 10.4. The Bertz CT molecular complexity index is 640. The lowest BCUT2D eigenvalue weighted by Crippen LogP contribution is -1.99. The molecule has 0 fully saturated rings. The highest BCUT2D eigenvalue weighted by molar-refractivity contribution is 6.33. The molecule has 1 aromatic carbocycles. The van der Waals surface area contributed by atoms with E-state index in [0.29, 0.717) is 0 Å². The van der Waals surface area contributed by atoms with Gasteiger partial charge in [-0.25, -0.2) is 18.6 Å². The van der Waals surface area contributed by atoms with Gasteiger partial charge in [-0.15, -0.1) is 0 Å². The quantitative estimate of drug-likeness (QED) is 0.928. The highest BCUT2D eigenvalue weighted by Crippen LogP contribution is 2.32. The first-order valence-corrected chi connectivity index (χ1v) is 5.56. The van der Waals surface area contributed by atoms with Gasteiger partial charge < -0.3 is 9.52 Å². The second-order valence-electron chi connectivity index (χ2n) is 3.82. The van der Waals surface area contributed by atoms with Crippen LogP contribution in [0.1, 0.15) is 28.2 Å². The molecule has 1 aromatic heterocycles. The van der Waals surface area contributed by atoms with E-state index < -0.39 is 23.8 Å². The average Bonchev–Trinajstić information content (AvgIpc) is 2.73. The number of alkyl halides is 2. The molecule has 0 unspecified atom stereocenters. The highest BCUT2D eigenvalue weighted by atomic mass is 35.5. The molecule has 7 heteroatoms. The van der Waals surface area contributed by atoms with Gasteiger partial charge in [0.25, 0.3) is 6.43 Å². The Labute approximate surface area is 111 Å². The molecule has 0 atom stereocenters. The van der Waals surface area contributed by atoms with Gasteiger partial charge in [-0.3, -0.25) is 0 Å². The van der Waals surface area contributed by atoms with Crippen LogP contribution in [0.3, 0.4) is 0 Å². The van der Waals surface area contributed by atoms with Gasteiger partial charge in [-0.05, 0) is 24.6 Å². The maximum Gasteiger partial charge on any atom is 0.374 e. The molecular formula is C12H8ClF2NO3. The third-order valence-electron chi connectivity index (χ3n) is 2.41. The number of aromatic nitrogens is 1. The largest absolute Gasteiger partial charge is 0.475 e. The third kappa shape index (κ3) is 2.58. The number of halogens is 3. The molecule has 1 heterocycles. The second-order valence-corrected chi connectivity index (χ2v) is 4.23. The molecule has 0 radical (unpaired) electrons. The van der Waals surface area contributed by atoms with E-state index >= 15 is 0 Å². The molecule has 2 rings (SSSR count). The summed E-state index contributed by atoms with van der Waals surface area (Å²) in [5.74, 6) is -2.71. The minimum atomic E-state index is -3.03. The number of oxazole rings is 1. The minimum absolute atomic E-state index is 0.238. The first kappa shape index (κ1) is 13.5. The molecular weight excluding hydrogens is 280 g/mol. The Kier molecular flexibility index (Phi) is 3.53. The number of carboxylic acid groups (broad SMARTS) is 1. The predicted octanol–water partition coefficient (Wildman–Crippen LogP) is 3.94. The van der Waals surface area contributed by atoms with E-state index in [-0.39, 0.29) is 16.5 Å². The Balaban J connectivity index is 2.57. The molecule has 0 saturated carbocycles. The van der Waals surface area contributed by atoms with E-state index in [4.69, 9.17) is 21.1 Å². The fourth-order valence-corrected chi connectivity index (χ4v) is 1.86. The molecule has 100 valence electrons. The lowest BCUT2D eigenvalue weighted by atomic mass is 10.1. The lowest BCUT2D eigenvalue weighted by molar-refractivity contribution is 0.0647. The summed E-state index contributed by atoms with van der Waals surface area (Å²) in [7, 11) is 0. The molecule has 0 amide bonds. The van der Waals surface area contributed by atoms with Crippen LogP contribution in [0.2, 0.25) is 5.02 Å². The van der Waals surface area contributed by atoms with Crippen LogP contribution in [-0.4, -0.2) is 16.1 Å². The molecule has 0 bridgehead atoms. The molecule has 1 N–H and O–H groups in total. The summed E-state index contributed by atoms with van der Waals surface area (Å²) < 4.78 is 30.2. The Morgan fingerprint density at radius 3 is 2.63 bits per heavy atom. The van der Waals surface area contributed by atoms with Gasteiger partial charge in [0, 0.05) is 0 Å². The van der Waals surface area contributed by atoms with E-state index in [0.717, 1.165) is 5.56 Å². The minimum Gasteiger partial charge on any atom is -0.475 e. The third-order valence-corrected chi connectivity index (χ3v) is 2.72. The van der Waals surface area contributed by atoms with Crippen LogP contribution in [0.25, 0.3) is 11.5 Å². The summed E-state index contributed by atoms with van der Waals surface area (Å²) >= 11 is 5.95. The SMILES string of the molecule is Cc1ccc(-c2nc(C(F)F)c(C(=O)O)o2)c(Cl)c1. The number of hydrogen-bond donors (Lipinski definition) is 1.